The minimum absolute atomic E-state index is 0.0389. The molecule has 0 unspecified atom stereocenters. The predicted octanol–water partition coefficient (Wildman–Crippen LogP) is 6.72. The molecule has 3 atom stereocenters. The van der Waals surface area contributed by atoms with Crippen molar-refractivity contribution >= 4 is 44.8 Å². The number of anilines is 1. The van der Waals surface area contributed by atoms with Crippen LogP contribution >= 0.6 is 39.1 Å². The SMILES string of the molecule is Fc1cc(Br)cc2c1N[C@H](c1ccc(Cl)cc1Cl)[C@@H]1CC=C[C@@H]21. The first-order valence-electron chi connectivity index (χ1n) is 7.41. The molecule has 0 spiro atoms. The van der Waals surface area contributed by atoms with E-state index in [9.17, 15) is 4.39 Å². The summed E-state index contributed by atoms with van der Waals surface area (Å²) in [4.78, 5) is 0. The van der Waals surface area contributed by atoms with Gasteiger partial charge in [-0.3, -0.25) is 0 Å². The summed E-state index contributed by atoms with van der Waals surface area (Å²) in [5.41, 5.74) is 2.52. The first-order chi connectivity index (χ1) is 11.0. The molecule has 1 heterocycles. The Morgan fingerprint density at radius 3 is 2.74 bits per heavy atom. The Morgan fingerprint density at radius 2 is 1.96 bits per heavy atom. The quantitative estimate of drug-likeness (QED) is 0.512. The number of rotatable bonds is 1. The Labute approximate surface area is 152 Å². The molecule has 0 aromatic heterocycles. The third-order valence-corrected chi connectivity index (χ3v) is 5.70. The van der Waals surface area contributed by atoms with E-state index in [0.717, 1.165) is 22.0 Å². The van der Waals surface area contributed by atoms with Gasteiger partial charge in [0.15, 0.2) is 0 Å². The van der Waals surface area contributed by atoms with Crippen molar-refractivity contribution in [3.8, 4) is 0 Å². The van der Waals surface area contributed by atoms with E-state index in [-0.39, 0.29) is 17.8 Å². The fraction of sp³-hybridized carbons (Fsp3) is 0.222. The molecule has 2 aromatic carbocycles. The summed E-state index contributed by atoms with van der Waals surface area (Å²) in [5.74, 6) is 0.257. The second kappa shape index (κ2) is 5.80. The largest absolute Gasteiger partial charge is 0.375 e. The van der Waals surface area contributed by atoms with Crippen LogP contribution in [0, 0.1) is 11.7 Å². The highest BCUT2D eigenvalue weighted by molar-refractivity contribution is 9.10. The van der Waals surface area contributed by atoms with Crippen LogP contribution in [0.2, 0.25) is 10.0 Å². The maximum atomic E-state index is 14.5. The zero-order valence-electron chi connectivity index (χ0n) is 12.0. The maximum absolute atomic E-state index is 14.5. The second-order valence-electron chi connectivity index (χ2n) is 5.99. The van der Waals surface area contributed by atoms with Crippen LogP contribution in [0.3, 0.4) is 0 Å². The highest BCUT2D eigenvalue weighted by Crippen LogP contribution is 2.52. The number of fused-ring (bicyclic) bond motifs is 3. The lowest BCUT2D eigenvalue weighted by Gasteiger charge is -2.38. The van der Waals surface area contributed by atoms with Crippen LogP contribution in [0.1, 0.15) is 29.5 Å². The molecule has 1 aliphatic carbocycles. The van der Waals surface area contributed by atoms with Crippen molar-refractivity contribution < 1.29 is 4.39 Å². The molecule has 0 amide bonds. The normalized spacial score (nSPS) is 25.0. The Kier molecular flexibility index (Phi) is 3.91. The third kappa shape index (κ3) is 2.59. The smallest absolute Gasteiger partial charge is 0.147 e. The van der Waals surface area contributed by atoms with E-state index >= 15 is 0 Å². The second-order valence-corrected chi connectivity index (χ2v) is 7.75. The highest BCUT2D eigenvalue weighted by Gasteiger charge is 2.39. The fourth-order valence-electron chi connectivity index (χ4n) is 3.68. The Balaban J connectivity index is 1.84. The molecule has 0 fully saturated rings. The number of hydrogen-bond donors (Lipinski definition) is 1. The van der Waals surface area contributed by atoms with Gasteiger partial charge >= 0.3 is 0 Å². The van der Waals surface area contributed by atoms with E-state index < -0.39 is 0 Å². The van der Waals surface area contributed by atoms with Gasteiger partial charge in [-0.2, -0.15) is 0 Å². The molecular formula is C18H13BrCl2FN. The molecule has 1 nitrogen and oxygen atoms in total. The van der Waals surface area contributed by atoms with Gasteiger partial charge in [0.05, 0.1) is 11.7 Å². The minimum Gasteiger partial charge on any atom is -0.375 e. The van der Waals surface area contributed by atoms with Crippen LogP contribution in [-0.2, 0) is 0 Å². The third-order valence-electron chi connectivity index (χ3n) is 4.68. The van der Waals surface area contributed by atoms with Crippen molar-refractivity contribution in [3.63, 3.8) is 0 Å². The first-order valence-corrected chi connectivity index (χ1v) is 8.96. The summed E-state index contributed by atoms with van der Waals surface area (Å²) >= 11 is 15.8. The summed E-state index contributed by atoms with van der Waals surface area (Å²) in [6.45, 7) is 0. The molecule has 118 valence electrons. The predicted molar refractivity (Wildman–Crippen MR) is 96.9 cm³/mol. The molecule has 5 heteroatoms. The van der Waals surface area contributed by atoms with Crippen molar-refractivity contribution in [3.05, 3.63) is 73.9 Å². The monoisotopic (exact) mass is 411 g/mol. The van der Waals surface area contributed by atoms with E-state index in [4.69, 9.17) is 23.2 Å². The summed E-state index contributed by atoms with van der Waals surface area (Å²) in [6, 6.07) is 8.95. The van der Waals surface area contributed by atoms with Crippen molar-refractivity contribution in [1.29, 1.82) is 0 Å². The van der Waals surface area contributed by atoms with Crippen LogP contribution in [-0.4, -0.2) is 0 Å². The molecule has 1 aliphatic heterocycles. The number of nitrogens with one attached hydrogen (secondary N) is 1. The van der Waals surface area contributed by atoms with Crippen molar-refractivity contribution in [2.24, 2.45) is 5.92 Å². The van der Waals surface area contributed by atoms with Crippen molar-refractivity contribution in [2.75, 3.05) is 5.32 Å². The summed E-state index contributed by atoms with van der Waals surface area (Å²) in [5, 5.41) is 4.59. The van der Waals surface area contributed by atoms with Crippen LogP contribution in [0.15, 0.2) is 47.0 Å². The van der Waals surface area contributed by atoms with Gasteiger partial charge in [0.25, 0.3) is 0 Å². The summed E-state index contributed by atoms with van der Waals surface area (Å²) in [7, 11) is 0. The van der Waals surface area contributed by atoms with Gasteiger partial charge in [0.1, 0.15) is 5.82 Å². The molecule has 23 heavy (non-hydrogen) atoms. The molecule has 1 N–H and O–H groups in total. The molecule has 4 rings (SSSR count). The maximum Gasteiger partial charge on any atom is 0.147 e. The van der Waals surface area contributed by atoms with Crippen LogP contribution in [0.4, 0.5) is 10.1 Å². The molecule has 2 aliphatic rings. The van der Waals surface area contributed by atoms with Crippen LogP contribution < -0.4 is 5.32 Å². The van der Waals surface area contributed by atoms with Gasteiger partial charge < -0.3 is 5.32 Å². The molecular weight excluding hydrogens is 400 g/mol. The lowest BCUT2D eigenvalue weighted by Crippen LogP contribution is -2.30. The number of benzene rings is 2. The van der Waals surface area contributed by atoms with Gasteiger partial charge in [-0.1, -0.05) is 57.4 Å². The molecule has 0 saturated carbocycles. The summed E-state index contributed by atoms with van der Waals surface area (Å²) < 4.78 is 15.2. The van der Waals surface area contributed by atoms with E-state index in [1.807, 2.05) is 18.2 Å². The first kappa shape index (κ1) is 15.5. The zero-order valence-corrected chi connectivity index (χ0v) is 15.1. The van der Waals surface area contributed by atoms with E-state index in [2.05, 4.69) is 33.4 Å². The van der Waals surface area contributed by atoms with E-state index in [1.165, 1.54) is 6.07 Å². The van der Waals surface area contributed by atoms with Gasteiger partial charge in [-0.05, 0) is 47.7 Å². The molecule has 0 radical (unpaired) electrons. The number of hydrogen-bond acceptors (Lipinski definition) is 1. The Hall–Kier alpha value is -1.03. The van der Waals surface area contributed by atoms with E-state index in [0.29, 0.717) is 21.7 Å². The van der Waals surface area contributed by atoms with Crippen molar-refractivity contribution in [2.45, 2.75) is 18.4 Å². The zero-order chi connectivity index (χ0) is 16.1. The average molecular weight is 413 g/mol. The Morgan fingerprint density at radius 1 is 1.13 bits per heavy atom. The summed E-state index contributed by atoms with van der Waals surface area (Å²) in [6.07, 6.45) is 5.28. The van der Waals surface area contributed by atoms with Gasteiger partial charge in [-0.15, -0.1) is 0 Å². The lowest BCUT2D eigenvalue weighted by atomic mass is 9.77. The fourth-order valence-corrected chi connectivity index (χ4v) is 4.66. The van der Waals surface area contributed by atoms with Crippen LogP contribution in [0.5, 0.6) is 0 Å². The molecule has 2 aromatic rings. The van der Waals surface area contributed by atoms with Crippen LogP contribution in [0.25, 0.3) is 0 Å². The molecule has 0 saturated heterocycles. The van der Waals surface area contributed by atoms with Crippen molar-refractivity contribution in [1.82, 2.24) is 0 Å². The Bertz CT molecular complexity index is 821. The molecule has 0 bridgehead atoms. The van der Waals surface area contributed by atoms with E-state index in [1.54, 1.807) is 6.07 Å². The minimum atomic E-state index is -0.247. The number of allylic oxidation sites excluding steroid dienone is 2. The average Bonchev–Trinajstić information content (AvgIpc) is 2.97. The van der Waals surface area contributed by atoms with Gasteiger partial charge in [0.2, 0.25) is 0 Å². The number of halogens is 4. The standard InChI is InChI=1S/C18H13BrCl2FN/c19-9-6-14-11-2-1-3-12(11)17(23-18(14)16(22)7-9)13-5-4-10(20)8-15(13)21/h1-2,4-8,11-12,17,23H,3H2/t11-,12-,17+/m1/s1. The highest BCUT2D eigenvalue weighted by atomic mass is 79.9. The lowest BCUT2D eigenvalue weighted by molar-refractivity contribution is 0.420. The van der Waals surface area contributed by atoms with Gasteiger partial charge in [0, 0.05) is 20.4 Å². The topological polar surface area (TPSA) is 12.0 Å². The van der Waals surface area contributed by atoms with Gasteiger partial charge in [-0.25, -0.2) is 4.39 Å².